The Hall–Kier alpha value is -1.09. The molecule has 1 aromatic heterocycles. The van der Waals surface area contributed by atoms with Crippen LogP contribution in [0, 0.1) is 6.92 Å². The predicted molar refractivity (Wildman–Crippen MR) is 48.1 cm³/mol. The first-order valence-corrected chi connectivity index (χ1v) is 4.09. The van der Waals surface area contributed by atoms with Gasteiger partial charge in [-0.1, -0.05) is 6.07 Å². The van der Waals surface area contributed by atoms with E-state index in [2.05, 4.69) is 4.98 Å². The van der Waals surface area contributed by atoms with Gasteiger partial charge in [-0.15, -0.1) is 0 Å². The predicted octanol–water partition coefficient (Wildman–Crippen LogP) is 1.12. The minimum absolute atomic E-state index is 0.646. The van der Waals surface area contributed by atoms with Gasteiger partial charge in [0.15, 0.2) is 0 Å². The molecule has 0 radical (unpaired) electrons. The standard InChI is InChI=1S/C9H14N2O/c1-8-4-2-5-9(11-8)12-7-3-6-10/h2,4-5H,3,6-7,10H2,1H3. The summed E-state index contributed by atoms with van der Waals surface area (Å²) in [5, 5.41) is 0. The highest BCUT2D eigenvalue weighted by molar-refractivity contribution is 5.14. The molecule has 12 heavy (non-hydrogen) atoms. The Bertz CT molecular complexity index is 238. The summed E-state index contributed by atoms with van der Waals surface area (Å²) in [5.41, 5.74) is 6.29. The molecule has 0 atom stereocenters. The molecular weight excluding hydrogens is 152 g/mol. The van der Waals surface area contributed by atoms with Crippen LogP contribution in [0.15, 0.2) is 18.2 Å². The maximum absolute atomic E-state index is 5.34. The Morgan fingerprint density at radius 3 is 3.00 bits per heavy atom. The zero-order valence-electron chi connectivity index (χ0n) is 7.29. The maximum atomic E-state index is 5.34. The Balaban J connectivity index is 2.41. The van der Waals surface area contributed by atoms with Crippen molar-refractivity contribution in [1.29, 1.82) is 0 Å². The van der Waals surface area contributed by atoms with Gasteiger partial charge in [-0.25, -0.2) is 4.98 Å². The van der Waals surface area contributed by atoms with Crippen LogP contribution in [0.1, 0.15) is 12.1 Å². The van der Waals surface area contributed by atoms with Gasteiger partial charge in [-0.2, -0.15) is 0 Å². The lowest BCUT2D eigenvalue weighted by Gasteiger charge is -2.03. The van der Waals surface area contributed by atoms with E-state index in [1.807, 2.05) is 25.1 Å². The van der Waals surface area contributed by atoms with Crippen LogP contribution in [0.3, 0.4) is 0 Å². The number of hydrogen-bond acceptors (Lipinski definition) is 3. The normalized spacial score (nSPS) is 9.83. The first-order chi connectivity index (χ1) is 5.83. The minimum Gasteiger partial charge on any atom is -0.478 e. The molecule has 0 unspecified atom stereocenters. The molecular formula is C9H14N2O. The number of nitrogens with zero attached hydrogens (tertiary/aromatic N) is 1. The van der Waals surface area contributed by atoms with Crippen molar-refractivity contribution >= 4 is 0 Å². The number of aryl methyl sites for hydroxylation is 1. The lowest BCUT2D eigenvalue weighted by molar-refractivity contribution is 0.301. The highest BCUT2D eigenvalue weighted by Crippen LogP contribution is 2.06. The first kappa shape index (κ1) is 9.00. The summed E-state index contributed by atoms with van der Waals surface area (Å²) in [5.74, 6) is 0.684. The van der Waals surface area contributed by atoms with Gasteiger partial charge >= 0.3 is 0 Å². The zero-order valence-corrected chi connectivity index (χ0v) is 7.29. The molecule has 0 fully saturated rings. The first-order valence-electron chi connectivity index (χ1n) is 4.09. The monoisotopic (exact) mass is 166 g/mol. The molecule has 0 saturated heterocycles. The largest absolute Gasteiger partial charge is 0.478 e. The van der Waals surface area contributed by atoms with E-state index in [4.69, 9.17) is 10.5 Å². The lowest BCUT2D eigenvalue weighted by Crippen LogP contribution is -2.06. The summed E-state index contributed by atoms with van der Waals surface area (Å²) in [6.07, 6.45) is 0.871. The third kappa shape index (κ3) is 2.88. The lowest BCUT2D eigenvalue weighted by atomic mass is 10.4. The van der Waals surface area contributed by atoms with E-state index in [1.54, 1.807) is 0 Å². The number of ether oxygens (including phenoxy) is 1. The molecule has 0 amide bonds. The van der Waals surface area contributed by atoms with E-state index < -0.39 is 0 Å². The van der Waals surface area contributed by atoms with Crippen molar-refractivity contribution in [2.45, 2.75) is 13.3 Å². The molecule has 1 aromatic rings. The van der Waals surface area contributed by atoms with Gasteiger partial charge in [0.05, 0.1) is 6.61 Å². The second-order valence-corrected chi connectivity index (χ2v) is 2.61. The van der Waals surface area contributed by atoms with E-state index in [1.165, 1.54) is 0 Å². The fraction of sp³-hybridized carbons (Fsp3) is 0.444. The molecule has 0 aromatic carbocycles. The van der Waals surface area contributed by atoms with Crippen molar-refractivity contribution in [3.8, 4) is 5.88 Å². The van der Waals surface area contributed by atoms with Crippen LogP contribution < -0.4 is 10.5 Å². The van der Waals surface area contributed by atoms with Crippen LogP contribution in [0.2, 0.25) is 0 Å². The highest BCUT2D eigenvalue weighted by Gasteiger charge is 1.93. The molecule has 2 N–H and O–H groups in total. The van der Waals surface area contributed by atoms with E-state index in [0.29, 0.717) is 19.0 Å². The van der Waals surface area contributed by atoms with Crippen LogP contribution in [0.4, 0.5) is 0 Å². The van der Waals surface area contributed by atoms with E-state index in [0.717, 1.165) is 12.1 Å². The second kappa shape index (κ2) is 4.72. The third-order valence-electron chi connectivity index (χ3n) is 1.46. The van der Waals surface area contributed by atoms with Gasteiger partial charge in [0.2, 0.25) is 5.88 Å². The van der Waals surface area contributed by atoms with Gasteiger partial charge < -0.3 is 10.5 Å². The van der Waals surface area contributed by atoms with Gasteiger partial charge in [-0.3, -0.25) is 0 Å². The fourth-order valence-electron chi connectivity index (χ4n) is 0.858. The number of aromatic nitrogens is 1. The Kier molecular flexibility index (Phi) is 3.54. The molecule has 1 rings (SSSR count). The highest BCUT2D eigenvalue weighted by atomic mass is 16.5. The molecule has 3 nitrogen and oxygen atoms in total. The second-order valence-electron chi connectivity index (χ2n) is 2.61. The minimum atomic E-state index is 0.646. The molecule has 0 spiro atoms. The van der Waals surface area contributed by atoms with Crippen LogP contribution in [0.25, 0.3) is 0 Å². The fourth-order valence-corrected chi connectivity index (χ4v) is 0.858. The quantitative estimate of drug-likeness (QED) is 0.682. The number of nitrogens with two attached hydrogens (primary N) is 1. The molecule has 0 saturated carbocycles. The summed E-state index contributed by atoms with van der Waals surface area (Å²) in [7, 11) is 0. The average molecular weight is 166 g/mol. The SMILES string of the molecule is Cc1cccc(OCCCN)n1. The molecule has 1 heterocycles. The van der Waals surface area contributed by atoms with Crippen LogP contribution in [-0.4, -0.2) is 18.1 Å². The van der Waals surface area contributed by atoms with Crippen LogP contribution in [-0.2, 0) is 0 Å². The van der Waals surface area contributed by atoms with Gasteiger partial charge in [-0.05, 0) is 26.0 Å². The van der Waals surface area contributed by atoms with E-state index in [-0.39, 0.29) is 0 Å². The van der Waals surface area contributed by atoms with Crippen molar-refractivity contribution in [3.63, 3.8) is 0 Å². The van der Waals surface area contributed by atoms with Crippen molar-refractivity contribution < 1.29 is 4.74 Å². The molecule has 0 aliphatic carbocycles. The molecule has 0 bridgehead atoms. The summed E-state index contributed by atoms with van der Waals surface area (Å²) in [6, 6.07) is 5.72. The topological polar surface area (TPSA) is 48.1 Å². The van der Waals surface area contributed by atoms with E-state index >= 15 is 0 Å². The number of rotatable bonds is 4. The Labute approximate surface area is 72.6 Å². The summed E-state index contributed by atoms with van der Waals surface area (Å²) in [6.45, 7) is 3.24. The van der Waals surface area contributed by atoms with Crippen LogP contribution in [0.5, 0.6) is 5.88 Å². The van der Waals surface area contributed by atoms with Gasteiger partial charge in [0.1, 0.15) is 0 Å². The average Bonchev–Trinajstić information content (AvgIpc) is 2.05. The van der Waals surface area contributed by atoms with Crippen molar-refractivity contribution in [3.05, 3.63) is 23.9 Å². The van der Waals surface area contributed by atoms with Gasteiger partial charge in [0.25, 0.3) is 0 Å². The summed E-state index contributed by atoms with van der Waals surface area (Å²) < 4.78 is 5.34. The summed E-state index contributed by atoms with van der Waals surface area (Å²) in [4.78, 5) is 4.18. The van der Waals surface area contributed by atoms with Crippen LogP contribution >= 0.6 is 0 Å². The molecule has 0 aliphatic rings. The van der Waals surface area contributed by atoms with Gasteiger partial charge in [0, 0.05) is 11.8 Å². The van der Waals surface area contributed by atoms with E-state index in [9.17, 15) is 0 Å². The maximum Gasteiger partial charge on any atom is 0.213 e. The number of pyridine rings is 1. The molecule has 66 valence electrons. The van der Waals surface area contributed by atoms with Crippen molar-refractivity contribution in [2.75, 3.05) is 13.2 Å². The molecule has 0 aliphatic heterocycles. The Morgan fingerprint density at radius 1 is 1.50 bits per heavy atom. The Morgan fingerprint density at radius 2 is 2.33 bits per heavy atom. The zero-order chi connectivity index (χ0) is 8.81. The third-order valence-corrected chi connectivity index (χ3v) is 1.46. The van der Waals surface area contributed by atoms with Crippen molar-refractivity contribution in [2.24, 2.45) is 5.73 Å². The number of hydrogen-bond donors (Lipinski definition) is 1. The van der Waals surface area contributed by atoms with Crippen molar-refractivity contribution in [1.82, 2.24) is 4.98 Å². The smallest absolute Gasteiger partial charge is 0.213 e. The molecule has 3 heteroatoms. The summed E-state index contributed by atoms with van der Waals surface area (Å²) >= 11 is 0.